The molecule has 246 valence electrons. The zero-order valence-corrected chi connectivity index (χ0v) is 24.9. The number of hydrogen-bond donors (Lipinski definition) is 0. The molecule has 0 N–H and O–H groups in total. The van der Waals surface area contributed by atoms with Gasteiger partial charge in [0.15, 0.2) is 0 Å². The van der Waals surface area contributed by atoms with Crippen molar-refractivity contribution in [2.75, 3.05) is 44.2 Å². The van der Waals surface area contributed by atoms with Gasteiger partial charge in [0.2, 0.25) is 5.88 Å². The van der Waals surface area contributed by atoms with E-state index >= 15 is 0 Å². The number of ether oxygens (including phenoxy) is 1. The standard InChI is InChI=1S/C33H33F7N4O2/c34-25-6-4-22(5-7-25)27-19-28(43-13-8-26(9-14-43)42-10-1-2-11-42)41-30-29(27)31(45)44(12-3-15-46-30)20-21-16-23(32(35,36)37)18-24(17-21)33(38,39)40/h4-7,16-19,26H,1-3,8-15,20H2. The minimum absolute atomic E-state index is 0.0183. The number of amides is 1. The highest BCUT2D eigenvalue weighted by Crippen LogP contribution is 2.39. The second kappa shape index (κ2) is 12.7. The number of halogens is 7. The molecular weight excluding hydrogens is 617 g/mol. The Morgan fingerprint density at radius 2 is 1.43 bits per heavy atom. The molecule has 0 unspecified atom stereocenters. The van der Waals surface area contributed by atoms with Gasteiger partial charge in [0.1, 0.15) is 17.2 Å². The fraction of sp³-hybridized carbons (Fsp3) is 0.455. The number of benzene rings is 2. The topological polar surface area (TPSA) is 48.9 Å². The molecule has 1 aromatic heterocycles. The van der Waals surface area contributed by atoms with Gasteiger partial charge in [-0.2, -0.15) is 31.3 Å². The van der Waals surface area contributed by atoms with Gasteiger partial charge in [0, 0.05) is 37.8 Å². The largest absolute Gasteiger partial charge is 0.477 e. The van der Waals surface area contributed by atoms with Crippen LogP contribution < -0.4 is 9.64 Å². The van der Waals surface area contributed by atoms with Gasteiger partial charge >= 0.3 is 12.4 Å². The molecule has 6 rings (SSSR count). The Labute approximate surface area is 261 Å². The first kappa shape index (κ1) is 32.1. The zero-order chi connectivity index (χ0) is 32.6. The van der Waals surface area contributed by atoms with Crippen molar-refractivity contribution in [3.8, 4) is 17.0 Å². The van der Waals surface area contributed by atoms with E-state index in [-0.39, 0.29) is 42.6 Å². The zero-order valence-electron chi connectivity index (χ0n) is 24.9. The molecule has 4 heterocycles. The monoisotopic (exact) mass is 650 g/mol. The van der Waals surface area contributed by atoms with E-state index in [1.165, 1.54) is 42.0 Å². The molecule has 46 heavy (non-hydrogen) atoms. The van der Waals surface area contributed by atoms with Crippen molar-refractivity contribution in [3.05, 3.63) is 76.6 Å². The van der Waals surface area contributed by atoms with Gasteiger partial charge in [-0.05, 0) is 92.7 Å². The first-order chi connectivity index (χ1) is 21.9. The van der Waals surface area contributed by atoms with Gasteiger partial charge in [-0.1, -0.05) is 12.1 Å². The SMILES string of the molecule is O=C1c2c(-c3ccc(F)cc3)cc(N3CCC(N4CCCC4)CC3)nc2OCCCN1Cc1cc(C(F)(F)F)cc(C(F)(F)F)c1. The summed E-state index contributed by atoms with van der Waals surface area (Å²) in [5.41, 5.74) is -2.32. The van der Waals surface area contributed by atoms with Crippen LogP contribution >= 0.6 is 0 Å². The van der Waals surface area contributed by atoms with Gasteiger partial charge in [0.25, 0.3) is 5.91 Å². The molecule has 1 amide bonds. The normalized spacial score (nSPS) is 18.7. The van der Waals surface area contributed by atoms with Crippen LogP contribution in [0.4, 0.5) is 36.6 Å². The van der Waals surface area contributed by atoms with E-state index in [2.05, 4.69) is 9.80 Å². The van der Waals surface area contributed by atoms with Crippen LogP contribution in [-0.2, 0) is 18.9 Å². The molecule has 3 aliphatic rings. The molecular formula is C33H33F7N4O2. The second-order valence-corrected chi connectivity index (χ2v) is 12.0. The molecule has 2 aromatic carbocycles. The lowest BCUT2D eigenvalue weighted by Crippen LogP contribution is -2.44. The smallest absolute Gasteiger partial charge is 0.416 e. The molecule has 0 atom stereocenters. The average Bonchev–Trinajstić information content (AvgIpc) is 3.56. The van der Waals surface area contributed by atoms with Gasteiger partial charge < -0.3 is 19.4 Å². The van der Waals surface area contributed by atoms with Crippen molar-refractivity contribution in [2.24, 2.45) is 0 Å². The summed E-state index contributed by atoms with van der Waals surface area (Å²) >= 11 is 0. The summed E-state index contributed by atoms with van der Waals surface area (Å²) in [4.78, 5) is 24.7. The van der Waals surface area contributed by atoms with E-state index in [4.69, 9.17) is 9.72 Å². The fourth-order valence-electron chi connectivity index (χ4n) is 6.57. The molecule has 0 spiro atoms. The Hall–Kier alpha value is -3.87. The molecule has 0 aliphatic carbocycles. The number of likely N-dealkylation sites (tertiary alicyclic amines) is 1. The van der Waals surface area contributed by atoms with Crippen LogP contribution in [-0.4, -0.2) is 66.1 Å². The summed E-state index contributed by atoms with van der Waals surface area (Å²) in [6.07, 6.45) is -5.48. The molecule has 0 saturated carbocycles. The van der Waals surface area contributed by atoms with Crippen molar-refractivity contribution in [2.45, 2.75) is 57.0 Å². The highest BCUT2D eigenvalue weighted by atomic mass is 19.4. The Kier molecular flexibility index (Phi) is 8.88. The molecule has 3 aliphatic heterocycles. The number of aromatic nitrogens is 1. The first-order valence-electron chi connectivity index (χ1n) is 15.4. The van der Waals surface area contributed by atoms with Crippen molar-refractivity contribution >= 4 is 11.7 Å². The average molecular weight is 651 g/mol. The van der Waals surface area contributed by atoms with Crippen molar-refractivity contribution in [1.29, 1.82) is 0 Å². The van der Waals surface area contributed by atoms with E-state index in [1.54, 1.807) is 6.07 Å². The van der Waals surface area contributed by atoms with Crippen LogP contribution in [0.1, 0.15) is 59.2 Å². The molecule has 0 bridgehead atoms. The Morgan fingerprint density at radius 3 is 2.04 bits per heavy atom. The number of hydrogen-bond acceptors (Lipinski definition) is 5. The van der Waals surface area contributed by atoms with Crippen LogP contribution in [0.3, 0.4) is 0 Å². The summed E-state index contributed by atoms with van der Waals surface area (Å²) in [5, 5.41) is 0. The number of piperidine rings is 1. The maximum atomic E-state index is 14.2. The minimum Gasteiger partial charge on any atom is -0.477 e. The molecule has 3 aromatic rings. The van der Waals surface area contributed by atoms with Gasteiger partial charge in [-0.3, -0.25) is 4.79 Å². The van der Waals surface area contributed by atoms with E-state index < -0.39 is 41.7 Å². The van der Waals surface area contributed by atoms with Gasteiger partial charge in [0.05, 0.1) is 17.7 Å². The number of carbonyl (C=O) groups excluding carboxylic acids is 1. The number of nitrogens with zero attached hydrogens (tertiary/aromatic N) is 4. The first-order valence-corrected chi connectivity index (χ1v) is 15.4. The number of fused-ring (bicyclic) bond motifs is 1. The van der Waals surface area contributed by atoms with Gasteiger partial charge in [-0.15, -0.1) is 0 Å². The van der Waals surface area contributed by atoms with Crippen molar-refractivity contribution in [1.82, 2.24) is 14.8 Å². The summed E-state index contributed by atoms with van der Waals surface area (Å²) < 4.78 is 101. The summed E-state index contributed by atoms with van der Waals surface area (Å²) in [6, 6.07) is 9.05. The Balaban J connectivity index is 1.36. The van der Waals surface area contributed by atoms with Crippen LogP contribution in [0.25, 0.3) is 11.1 Å². The van der Waals surface area contributed by atoms with E-state index in [0.29, 0.717) is 35.1 Å². The molecule has 2 fully saturated rings. The lowest BCUT2D eigenvalue weighted by atomic mass is 9.98. The van der Waals surface area contributed by atoms with Gasteiger partial charge in [-0.25, -0.2) is 4.39 Å². The number of carbonyl (C=O) groups is 1. The molecule has 0 radical (unpaired) electrons. The maximum Gasteiger partial charge on any atom is 0.416 e. The third-order valence-corrected chi connectivity index (χ3v) is 8.91. The predicted octanol–water partition coefficient (Wildman–Crippen LogP) is 7.41. The number of pyridine rings is 1. The summed E-state index contributed by atoms with van der Waals surface area (Å²) in [7, 11) is 0. The lowest BCUT2D eigenvalue weighted by Gasteiger charge is -2.37. The lowest BCUT2D eigenvalue weighted by molar-refractivity contribution is -0.143. The van der Waals surface area contributed by atoms with Crippen LogP contribution in [0.2, 0.25) is 0 Å². The summed E-state index contributed by atoms with van der Waals surface area (Å²) in [6.45, 7) is 3.29. The van der Waals surface area contributed by atoms with Crippen molar-refractivity contribution in [3.63, 3.8) is 0 Å². The number of anilines is 1. The second-order valence-electron chi connectivity index (χ2n) is 12.0. The van der Waals surface area contributed by atoms with E-state index in [9.17, 15) is 35.5 Å². The minimum atomic E-state index is -5.02. The van der Waals surface area contributed by atoms with E-state index in [1.807, 2.05) is 0 Å². The van der Waals surface area contributed by atoms with Crippen LogP contribution in [0.5, 0.6) is 5.88 Å². The molecule has 13 heteroatoms. The maximum absolute atomic E-state index is 14.2. The highest BCUT2D eigenvalue weighted by molar-refractivity contribution is 6.03. The highest BCUT2D eigenvalue weighted by Gasteiger charge is 2.38. The van der Waals surface area contributed by atoms with Crippen molar-refractivity contribution < 1.29 is 40.3 Å². The number of alkyl halides is 6. The molecule has 6 nitrogen and oxygen atoms in total. The number of rotatable bonds is 5. The molecule has 2 saturated heterocycles. The predicted molar refractivity (Wildman–Crippen MR) is 157 cm³/mol. The quantitative estimate of drug-likeness (QED) is 0.269. The Morgan fingerprint density at radius 1 is 0.804 bits per heavy atom. The van der Waals surface area contributed by atoms with E-state index in [0.717, 1.165) is 39.0 Å². The third-order valence-electron chi connectivity index (χ3n) is 8.91. The van der Waals surface area contributed by atoms with Crippen LogP contribution in [0, 0.1) is 5.82 Å². The third kappa shape index (κ3) is 6.93. The Bertz CT molecular complexity index is 1530. The summed E-state index contributed by atoms with van der Waals surface area (Å²) in [5.74, 6) is -0.551. The fourth-order valence-corrected chi connectivity index (χ4v) is 6.57. The van der Waals surface area contributed by atoms with Crippen LogP contribution in [0.15, 0.2) is 48.5 Å².